The first-order chi connectivity index (χ1) is 6.90. The van der Waals surface area contributed by atoms with Crippen molar-refractivity contribution in [2.45, 2.75) is 26.9 Å². The molecule has 0 spiro atoms. The Morgan fingerprint density at radius 3 is 2.56 bits per heavy atom. The van der Waals surface area contributed by atoms with Gasteiger partial charge in [-0.05, 0) is 5.41 Å². The molecule has 1 unspecified atom stereocenters. The second-order valence-electron chi connectivity index (χ2n) is 5.32. The van der Waals surface area contributed by atoms with E-state index in [9.17, 15) is 4.79 Å². The van der Waals surface area contributed by atoms with Crippen LogP contribution in [0.15, 0.2) is 0 Å². The summed E-state index contributed by atoms with van der Waals surface area (Å²) in [5.41, 5.74) is 0.131. The first-order valence-corrected chi connectivity index (χ1v) is 5.47. The zero-order valence-electron chi connectivity index (χ0n) is 10.6. The van der Waals surface area contributed by atoms with Gasteiger partial charge in [0, 0.05) is 26.7 Å². The molecule has 0 bridgehead atoms. The van der Waals surface area contributed by atoms with E-state index in [0.717, 1.165) is 13.1 Å². The monoisotopic (exact) mass is 250 g/mol. The van der Waals surface area contributed by atoms with Crippen molar-refractivity contribution in [3.05, 3.63) is 0 Å². The zero-order chi connectivity index (χ0) is 11.5. The first-order valence-electron chi connectivity index (χ1n) is 5.47. The summed E-state index contributed by atoms with van der Waals surface area (Å²) >= 11 is 0. The van der Waals surface area contributed by atoms with E-state index in [0.29, 0.717) is 13.2 Å². The van der Waals surface area contributed by atoms with Crippen LogP contribution in [0.3, 0.4) is 0 Å². The maximum atomic E-state index is 11.9. The van der Waals surface area contributed by atoms with Gasteiger partial charge in [-0.15, -0.1) is 12.4 Å². The molecule has 0 saturated carbocycles. The Kier molecular flexibility index (Phi) is 6.30. The topological polar surface area (TPSA) is 41.6 Å². The first kappa shape index (κ1) is 15.7. The lowest BCUT2D eigenvalue weighted by Gasteiger charge is -2.31. The summed E-state index contributed by atoms with van der Waals surface area (Å²) in [6.07, 6.45) is -0.300. The lowest BCUT2D eigenvalue weighted by molar-refractivity contribution is -0.145. The standard InChI is InChI=1S/C11H22N2O2.ClH/c1-11(2,3)8-13(4)10(14)9-7-12-5-6-15-9;/h9,12H,5-8H2,1-4H3;1H. The van der Waals surface area contributed by atoms with E-state index < -0.39 is 0 Å². The van der Waals surface area contributed by atoms with E-state index in [1.54, 1.807) is 4.90 Å². The maximum absolute atomic E-state index is 11.9. The third kappa shape index (κ3) is 5.14. The number of ether oxygens (including phenoxy) is 1. The average molecular weight is 251 g/mol. The molecule has 1 heterocycles. The van der Waals surface area contributed by atoms with E-state index in [1.807, 2.05) is 7.05 Å². The van der Waals surface area contributed by atoms with Gasteiger partial charge in [0.05, 0.1) is 6.61 Å². The van der Waals surface area contributed by atoms with Gasteiger partial charge in [0.25, 0.3) is 5.91 Å². The van der Waals surface area contributed by atoms with Gasteiger partial charge >= 0.3 is 0 Å². The summed E-state index contributed by atoms with van der Waals surface area (Å²) in [5.74, 6) is 0.0807. The fourth-order valence-electron chi connectivity index (χ4n) is 1.76. The molecule has 1 atom stereocenters. The number of carbonyl (C=O) groups excluding carboxylic acids is 1. The fourth-order valence-corrected chi connectivity index (χ4v) is 1.76. The van der Waals surface area contributed by atoms with Gasteiger partial charge < -0.3 is 15.0 Å². The minimum absolute atomic E-state index is 0. The Hall–Kier alpha value is -0.320. The second kappa shape index (κ2) is 6.42. The molecule has 0 aromatic heterocycles. The summed E-state index contributed by atoms with van der Waals surface area (Å²) in [6.45, 7) is 9.22. The number of likely N-dealkylation sites (N-methyl/N-ethyl adjacent to an activating group) is 1. The molecular weight excluding hydrogens is 228 g/mol. The highest BCUT2D eigenvalue weighted by atomic mass is 35.5. The van der Waals surface area contributed by atoms with Crippen LogP contribution < -0.4 is 5.32 Å². The molecular formula is C11H23ClN2O2. The fraction of sp³-hybridized carbons (Fsp3) is 0.909. The van der Waals surface area contributed by atoms with Crippen LogP contribution in [-0.2, 0) is 9.53 Å². The van der Waals surface area contributed by atoms with Crippen molar-refractivity contribution in [3.63, 3.8) is 0 Å². The Balaban J connectivity index is 0.00000225. The lowest BCUT2D eigenvalue weighted by Crippen LogP contribution is -2.49. The minimum atomic E-state index is -0.300. The molecule has 5 heteroatoms. The van der Waals surface area contributed by atoms with Crippen molar-refractivity contribution in [1.29, 1.82) is 0 Å². The van der Waals surface area contributed by atoms with Gasteiger partial charge in [-0.3, -0.25) is 4.79 Å². The summed E-state index contributed by atoms with van der Waals surface area (Å²) in [5, 5.41) is 3.16. The summed E-state index contributed by atoms with van der Waals surface area (Å²) in [7, 11) is 1.84. The van der Waals surface area contributed by atoms with E-state index in [2.05, 4.69) is 26.1 Å². The van der Waals surface area contributed by atoms with E-state index in [-0.39, 0.29) is 29.8 Å². The molecule has 1 rings (SSSR count). The molecule has 1 N–H and O–H groups in total. The van der Waals surface area contributed by atoms with E-state index >= 15 is 0 Å². The molecule has 0 aromatic rings. The van der Waals surface area contributed by atoms with Gasteiger partial charge in [-0.25, -0.2) is 0 Å². The number of carbonyl (C=O) groups is 1. The van der Waals surface area contributed by atoms with Crippen LogP contribution >= 0.6 is 12.4 Å². The molecule has 1 amide bonds. The van der Waals surface area contributed by atoms with Crippen molar-refractivity contribution in [2.75, 3.05) is 33.3 Å². The highest BCUT2D eigenvalue weighted by Gasteiger charge is 2.26. The number of rotatable bonds is 2. The van der Waals surface area contributed by atoms with Gasteiger partial charge in [-0.1, -0.05) is 20.8 Å². The highest BCUT2D eigenvalue weighted by molar-refractivity contribution is 5.85. The molecule has 96 valence electrons. The minimum Gasteiger partial charge on any atom is -0.366 e. The highest BCUT2D eigenvalue weighted by Crippen LogP contribution is 2.15. The number of hydrogen-bond donors (Lipinski definition) is 1. The average Bonchev–Trinajstić information content (AvgIpc) is 2.15. The quantitative estimate of drug-likeness (QED) is 0.792. The Morgan fingerprint density at radius 1 is 1.50 bits per heavy atom. The van der Waals surface area contributed by atoms with Crippen LogP contribution in [0.4, 0.5) is 0 Å². The number of nitrogens with zero attached hydrogens (tertiary/aromatic N) is 1. The van der Waals surface area contributed by atoms with Gasteiger partial charge in [-0.2, -0.15) is 0 Å². The molecule has 16 heavy (non-hydrogen) atoms. The largest absolute Gasteiger partial charge is 0.366 e. The Labute approximate surface area is 104 Å². The van der Waals surface area contributed by atoms with Crippen molar-refractivity contribution < 1.29 is 9.53 Å². The normalized spacial score (nSPS) is 21.1. The summed E-state index contributed by atoms with van der Waals surface area (Å²) in [4.78, 5) is 13.7. The van der Waals surface area contributed by atoms with Gasteiger partial charge in [0.2, 0.25) is 0 Å². The summed E-state index contributed by atoms with van der Waals surface area (Å²) in [6, 6.07) is 0. The molecule has 1 aliphatic heterocycles. The van der Waals surface area contributed by atoms with Crippen LogP contribution in [0.1, 0.15) is 20.8 Å². The van der Waals surface area contributed by atoms with Gasteiger partial charge in [0.15, 0.2) is 0 Å². The lowest BCUT2D eigenvalue weighted by atomic mass is 9.96. The van der Waals surface area contributed by atoms with Crippen LogP contribution in [0.2, 0.25) is 0 Å². The van der Waals surface area contributed by atoms with Crippen molar-refractivity contribution in [1.82, 2.24) is 10.2 Å². The Bertz CT molecular complexity index is 223. The molecule has 1 aliphatic rings. The van der Waals surface area contributed by atoms with Crippen LogP contribution in [0, 0.1) is 5.41 Å². The predicted molar refractivity (Wildman–Crippen MR) is 66.9 cm³/mol. The molecule has 0 aromatic carbocycles. The molecule has 1 fully saturated rings. The van der Waals surface area contributed by atoms with Crippen molar-refractivity contribution >= 4 is 18.3 Å². The third-order valence-electron chi connectivity index (χ3n) is 2.29. The molecule has 1 saturated heterocycles. The van der Waals surface area contributed by atoms with Crippen molar-refractivity contribution in [2.24, 2.45) is 5.41 Å². The maximum Gasteiger partial charge on any atom is 0.252 e. The van der Waals surface area contributed by atoms with Crippen molar-refractivity contribution in [3.8, 4) is 0 Å². The zero-order valence-corrected chi connectivity index (χ0v) is 11.4. The summed E-state index contributed by atoms with van der Waals surface area (Å²) < 4.78 is 5.42. The van der Waals surface area contributed by atoms with E-state index in [1.165, 1.54) is 0 Å². The Morgan fingerprint density at radius 2 is 2.12 bits per heavy atom. The second-order valence-corrected chi connectivity index (χ2v) is 5.32. The SMILES string of the molecule is CN(CC(C)(C)C)C(=O)C1CNCCO1.Cl. The van der Waals surface area contributed by atoms with Gasteiger partial charge in [0.1, 0.15) is 6.10 Å². The number of hydrogen-bond acceptors (Lipinski definition) is 3. The molecule has 4 nitrogen and oxygen atoms in total. The van der Waals surface area contributed by atoms with E-state index in [4.69, 9.17) is 4.74 Å². The van der Waals surface area contributed by atoms with Crippen LogP contribution in [0.25, 0.3) is 0 Å². The van der Waals surface area contributed by atoms with Crippen LogP contribution in [-0.4, -0.2) is 50.2 Å². The number of nitrogens with one attached hydrogen (secondary N) is 1. The third-order valence-corrected chi connectivity index (χ3v) is 2.29. The number of amides is 1. The predicted octanol–water partition coefficient (Wildman–Crippen LogP) is 0.901. The number of halogens is 1. The smallest absolute Gasteiger partial charge is 0.252 e. The van der Waals surface area contributed by atoms with Crippen LogP contribution in [0.5, 0.6) is 0 Å². The number of morpholine rings is 1. The molecule has 0 aliphatic carbocycles. The molecule has 0 radical (unpaired) electrons.